The molecule has 0 aliphatic rings. The molecule has 1 aromatic carbocycles. The van der Waals surface area contributed by atoms with Crippen LogP contribution in [0.25, 0.3) is 10.2 Å². The second-order valence-corrected chi connectivity index (χ2v) is 6.32. The summed E-state index contributed by atoms with van der Waals surface area (Å²) in [6.45, 7) is 4.01. The minimum absolute atomic E-state index is 0.106. The van der Waals surface area contributed by atoms with Gasteiger partial charge in [-0.3, -0.25) is 4.79 Å². The number of amides is 1. The summed E-state index contributed by atoms with van der Waals surface area (Å²) in [7, 11) is 1.62. The molecule has 1 amide bonds. The van der Waals surface area contributed by atoms with Crippen molar-refractivity contribution in [3.8, 4) is 0 Å². The van der Waals surface area contributed by atoms with E-state index in [1.165, 1.54) is 4.88 Å². The van der Waals surface area contributed by atoms with Crippen molar-refractivity contribution in [2.75, 3.05) is 12.4 Å². The van der Waals surface area contributed by atoms with Gasteiger partial charge in [0.25, 0.3) is 5.91 Å². The van der Waals surface area contributed by atoms with Crippen molar-refractivity contribution in [3.05, 3.63) is 46.6 Å². The fourth-order valence-electron chi connectivity index (χ4n) is 2.34. The summed E-state index contributed by atoms with van der Waals surface area (Å²) in [6.07, 6.45) is 1.55. The zero-order valence-electron chi connectivity index (χ0n) is 12.6. The molecule has 2 aromatic heterocycles. The second kappa shape index (κ2) is 5.73. The first-order valence-electron chi connectivity index (χ1n) is 6.89. The molecule has 0 aliphatic carbocycles. The molecule has 0 atom stereocenters. The van der Waals surface area contributed by atoms with Crippen molar-refractivity contribution >= 4 is 39.0 Å². The number of fused-ring (bicyclic) bond motifs is 1. The van der Waals surface area contributed by atoms with Gasteiger partial charge in [0, 0.05) is 23.2 Å². The highest BCUT2D eigenvalue weighted by atomic mass is 32.1. The van der Waals surface area contributed by atoms with E-state index in [2.05, 4.69) is 26.7 Å². The Morgan fingerprint density at radius 1 is 1.14 bits per heavy atom. The summed E-state index contributed by atoms with van der Waals surface area (Å²) < 4.78 is 0. The predicted octanol–water partition coefficient (Wildman–Crippen LogP) is 3.41. The highest BCUT2D eigenvalue weighted by molar-refractivity contribution is 7.18. The lowest BCUT2D eigenvalue weighted by Gasteiger charge is -2.09. The average Bonchev–Trinajstić information content (AvgIpc) is 2.87. The number of benzene rings is 1. The quantitative estimate of drug-likeness (QED) is 0.778. The van der Waals surface area contributed by atoms with Crippen LogP contribution in [-0.4, -0.2) is 22.9 Å². The molecule has 3 rings (SSSR count). The van der Waals surface area contributed by atoms with Crippen LogP contribution in [0.2, 0.25) is 0 Å². The summed E-state index contributed by atoms with van der Waals surface area (Å²) in [5.41, 5.74) is 2.47. The number of hydrogen-bond donors (Lipinski definition) is 2. The van der Waals surface area contributed by atoms with Crippen LogP contribution in [0.4, 0.5) is 11.5 Å². The minimum Gasteiger partial charge on any atom is -0.355 e. The Balaban J connectivity index is 2.01. The van der Waals surface area contributed by atoms with E-state index in [-0.39, 0.29) is 5.91 Å². The number of aromatic nitrogens is 2. The van der Waals surface area contributed by atoms with Gasteiger partial charge in [-0.25, -0.2) is 9.97 Å². The largest absolute Gasteiger partial charge is 0.355 e. The number of nitrogens with one attached hydrogen (secondary N) is 2. The molecule has 5 nitrogen and oxygen atoms in total. The van der Waals surface area contributed by atoms with Crippen molar-refractivity contribution in [2.24, 2.45) is 0 Å². The maximum absolute atomic E-state index is 11.8. The third-order valence-corrected chi connectivity index (χ3v) is 4.24. The van der Waals surface area contributed by atoms with Gasteiger partial charge in [0.2, 0.25) is 0 Å². The van der Waals surface area contributed by atoms with E-state index < -0.39 is 0 Å². The molecule has 0 unspecified atom stereocenters. The third kappa shape index (κ3) is 2.78. The van der Waals surface area contributed by atoms with E-state index in [0.29, 0.717) is 5.56 Å². The second-order valence-electron chi connectivity index (χ2n) is 5.09. The molecular formula is C16H16N4OS. The van der Waals surface area contributed by atoms with Gasteiger partial charge in [0.05, 0.1) is 5.39 Å². The van der Waals surface area contributed by atoms with Crippen LogP contribution in [0.3, 0.4) is 0 Å². The molecule has 0 spiro atoms. The zero-order chi connectivity index (χ0) is 15.7. The van der Waals surface area contributed by atoms with Crippen molar-refractivity contribution < 1.29 is 4.79 Å². The number of carbonyl (C=O) groups is 1. The molecule has 0 saturated heterocycles. The normalized spacial score (nSPS) is 10.7. The molecule has 112 valence electrons. The number of anilines is 2. The number of thiophene rings is 1. The highest BCUT2D eigenvalue weighted by Gasteiger charge is 2.10. The van der Waals surface area contributed by atoms with Gasteiger partial charge in [0.1, 0.15) is 17.0 Å². The fraction of sp³-hybridized carbons (Fsp3) is 0.188. The van der Waals surface area contributed by atoms with Crippen molar-refractivity contribution in [1.82, 2.24) is 15.3 Å². The Labute approximate surface area is 132 Å². The van der Waals surface area contributed by atoms with Crippen LogP contribution in [0.5, 0.6) is 0 Å². The first-order valence-corrected chi connectivity index (χ1v) is 7.70. The summed E-state index contributed by atoms with van der Waals surface area (Å²) in [6, 6.07) is 7.73. The van der Waals surface area contributed by atoms with Crippen molar-refractivity contribution in [3.63, 3.8) is 0 Å². The van der Waals surface area contributed by atoms with Crippen molar-refractivity contribution in [2.45, 2.75) is 13.8 Å². The Hall–Kier alpha value is -2.47. The fourth-order valence-corrected chi connectivity index (χ4v) is 3.19. The molecule has 6 heteroatoms. The Kier molecular flexibility index (Phi) is 3.77. The maximum Gasteiger partial charge on any atom is 0.251 e. The van der Waals surface area contributed by atoms with E-state index in [1.807, 2.05) is 32.0 Å². The van der Waals surface area contributed by atoms with E-state index in [4.69, 9.17) is 0 Å². The Morgan fingerprint density at radius 2 is 1.95 bits per heavy atom. The standard InChI is InChI=1S/C16H16N4OS/c1-9-4-11(15(21)17-3)7-12(5-9)20-14-13-6-10(2)22-16(13)19-8-18-14/h4-8H,1-3H3,(H,17,21)(H,18,19,20). The summed E-state index contributed by atoms with van der Waals surface area (Å²) in [5.74, 6) is 0.647. The van der Waals surface area contributed by atoms with Gasteiger partial charge in [-0.15, -0.1) is 11.3 Å². The van der Waals surface area contributed by atoms with Crippen LogP contribution >= 0.6 is 11.3 Å². The topological polar surface area (TPSA) is 66.9 Å². The van der Waals surface area contributed by atoms with Crippen LogP contribution in [-0.2, 0) is 0 Å². The van der Waals surface area contributed by atoms with Gasteiger partial charge in [-0.1, -0.05) is 0 Å². The molecule has 2 heterocycles. The molecule has 22 heavy (non-hydrogen) atoms. The van der Waals surface area contributed by atoms with E-state index in [9.17, 15) is 4.79 Å². The first kappa shape index (κ1) is 14.5. The van der Waals surface area contributed by atoms with Gasteiger partial charge in [-0.05, 0) is 43.7 Å². The number of nitrogens with zero attached hydrogens (tertiary/aromatic N) is 2. The van der Waals surface area contributed by atoms with Gasteiger partial charge < -0.3 is 10.6 Å². The van der Waals surface area contributed by atoms with Gasteiger partial charge >= 0.3 is 0 Å². The summed E-state index contributed by atoms with van der Waals surface area (Å²) in [4.78, 5) is 22.6. The number of aryl methyl sites for hydroxylation is 2. The van der Waals surface area contributed by atoms with E-state index in [1.54, 1.807) is 24.7 Å². The monoisotopic (exact) mass is 312 g/mol. The zero-order valence-corrected chi connectivity index (χ0v) is 13.4. The molecule has 0 saturated carbocycles. The smallest absolute Gasteiger partial charge is 0.251 e. The lowest BCUT2D eigenvalue weighted by molar-refractivity contribution is 0.0963. The molecule has 0 bridgehead atoms. The number of carbonyl (C=O) groups excluding carboxylic acids is 1. The Morgan fingerprint density at radius 3 is 2.73 bits per heavy atom. The number of rotatable bonds is 3. The van der Waals surface area contributed by atoms with Gasteiger partial charge in [0.15, 0.2) is 0 Å². The third-order valence-electron chi connectivity index (χ3n) is 3.28. The van der Waals surface area contributed by atoms with Crippen LogP contribution in [0.1, 0.15) is 20.8 Å². The van der Waals surface area contributed by atoms with Crippen LogP contribution in [0, 0.1) is 13.8 Å². The first-order chi connectivity index (χ1) is 10.6. The van der Waals surface area contributed by atoms with Crippen LogP contribution in [0.15, 0.2) is 30.6 Å². The van der Waals surface area contributed by atoms with Crippen molar-refractivity contribution in [1.29, 1.82) is 0 Å². The average molecular weight is 312 g/mol. The lowest BCUT2D eigenvalue weighted by Crippen LogP contribution is -2.18. The molecule has 3 aromatic rings. The SMILES string of the molecule is CNC(=O)c1cc(C)cc(Nc2ncnc3sc(C)cc23)c1. The molecule has 2 N–H and O–H groups in total. The van der Waals surface area contributed by atoms with Crippen LogP contribution < -0.4 is 10.6 Å². The van der Waals surface area contributed by atoms with Gasteiger partial charge in [-0.2, -0.15) is 0 Å². The minimum atomic E-state index is -0.106. The summed E-state index contributed by atoms with van der Waals surface area (Å²) >= 11 is 1.64. The molecule has 0 radical (unpaired) electrons. The molecular weight excluding hydrogens is 296 g/mol. The molecule has 0 fully saturated rings. The Bertz CT molecular complexity index is 856. The predicted molar refractivity (Wildman–Crippen MR) is 90.0 cm³/mol. The molecule has 0 aliphatic heterocycles. The maximum atomic E-state index is 11.8. The highest BCUT2D eigenvalue weighted by Crippen LogP contribution is 2.29. The van der Waals surface area contributed by atoms with E-state index >= 15 is 0 Å². The number of hydrogen-bond acceptors (Lipinski definition) is 5. The lowest BCUT2D eigenvalue weighted by atomic mass is 10.1. The van der Waals surface area contributed by atoms with E-state index in [0.717, 1.165) is 27.3 Å². The summed E-state index contributed by atoms with van der Waals surface area (Å²) in [5, 5.41) is 6.93.